The molecule has 7 aliphatic rings. The molecule has 738 valence electrons. The van der Waals surface area contributed by atoms with E-state index in [0.717, 1.165) is 45.3 Å². The average Bonchev–Trinajstić information content (AvgIpc) is 1.59. The summed E-state index contributed by atoms with van der Waals surface area (Å²) in [6, 6.07) is 125. The first kappa shape index (κ1) is 97.8. The lowest BCUT2D eigenvalue weighted by Crippen LogP contribution is -2.25. The molecule has 16 aromatic rings. The van der Waals surface area contributed by atoms with Crippen LogP contribution < -0.4 is 9.64 Å². The number of fused-ring (bicyclic) bond motifs is 20. The molecule has 0 aromatic heterocycles. The van der Waals surface area contributed by atoms with Crippen LogP contribution in [0, 0.1) is 13.8 Å². The standard InChI is InChI=1S/C99H95NO.C45H56/c1-10-12-14-16-18-27-53-99(54-28-19-17-15-13-11-2)83-33-25-23-32-75(83)82-50-41-71(61-90(82)99)68-38-47-80-78-45-36-66(56-86(78)97(6,7)88(80)58-68)67-37-46-79-81-49-40-70(60-89(81)98(8,9)87(79)57-67)73-43-52-93-95(63-73)101-94-62-72(69-39-48-77-76-44-35-64(3)55-84(76)96(4,5)85(77)59-69)42-51-92(94)100(93)91-34-26-24-31-74(91)65-29-21-20-22-30-65;1-6-8-10-12-14-18-28-45(29-19-15-13-11-9-7-2)40-21-17-16-20-36(40)39-27-24-35(32-43(39)45)34-23-26-38-37-25-22-33(3)30-41(37)44(4,5)42(38)31-34/h20-26,29-52,55-63H,10-19,27-28,53-54H2,1-9H3;16-17,20-27,30-32H,6-15,18-19,28-29H2,1-5H3. The zero-order valence-corrected chi connectivity index (χ0v) is 89.8. The van der Waals surface area contributed by atoms with Gasteiger partial charge < -0.3 is 9.64 Å². The molecule has 0 radical (unpaired) electrons. The molecule has 1 heterocycles. The second-order valence-corrected chi connectivity index (χ2v) is 46.7. The molecular weight excluding hydrogens is 1760 g/mol. The van der Waals surface area contributed by atoms with Crippen LogP contribution in [0.2, 0.25) is 0 Å². The number of hydrogen-bond acceptors (Lipinski definition) is 2. The minimum Gasteiger partial charge on any atom is -0.453 e. The minimum atomic E-state index is -0.242. The van der Waals surface area contributed by atoms with Crippen molar-refractivity contribution in [3.8, 4) is 145 Å². The van der Waals surface area contributed by atoms with Crippen molar-refractivity contribution in [2.75, 3.05) is 4.90 Å². The van der Waals surface area contributed by atoms with E-state index in [1.807, 2.05) is 0 Å². The Morgan fingerprint density at radius 1 is 0.178 bits per heavy atom. The number of hydrogen-bond donors (Lipinski definition) is 0. The van der Waals surface area contributed by atoms with Crippen LogP contribution in [-0.4, -0.2) is 0 Å². The molecule has 0 N–H and O–H groups in total. The van der Waals surface area contributed by atoms with E-state index in [4.69, 9.17) is 4.74 Å². The number of rotatable bonds is 35. The van der Waals surface area contributed by atoms with Gasteiger partial charge in [0.15, 0.2) is 11.5 Å². The maximum Gasteiger partial charge on any atom is 0.152 e. The van der Waals surface area contributed by atoms with Crippen molar-refractivity contribution in [3.05, 3.63) is 399 Å². The summed E-state index contributed by atoms with van der Waals surface area (Å²) in [7, 11) is 0. The fraction of sp³-hybridized carbons (Fsp3) is 0.333. The van der Waals surface area contributed by atoms with Crippen LogP contribution in [0.5, 0.6) is 11.5 Å². The Hall–Kier alpha value is -12.9. The lowest BCUT2D eigenvalue weighted by molar-refractivity contribution is 0.398. The van der Waals surface area contributed by atoms with Crippen molar-refractivity contribution < 1.29 is 4.74 Å². The largest absolute Gasteiger partial charge is 0.453 e. The number of unbranched alkanes of at least 4 members (excludes halogenated alkanes) is 20. The fourth-order valence-corrected chi connectivity index (χ4v) is 27.6. The first-order chi connectivity index (χ1) is 71.0. The van der Waals surface area contributed by atoms with Gasteiger partial charge in [-0.25, -0.2) is 0 Å². The molecule has 0 saturated carbocycles. The van der Waals surface area contributed by atoms with Crippen LogP contribution in [0.1, 0.15) is 341 Å². The van der Waals surface area contributed by atoms with Crippen molar-refractivity contribution in [1.29, 1.82) is 0 Å². The highest BCUT2D eigenvalue weighted by Gasteiger charge is 2.47. The third kappa shape index (κ3) is 17.5. The Morgan fingerprint density at radius 3 is 0.712 bits per heavy atom. The van der Waals surface area contributed by atoms with Crippen molar-refractivity contribution in [3.63, 3.8) is 0 Å². The smallest absolute Gasteiger partial charge is 0.152 e. The maximum atomic E-state index is 7.25. The molecular formula is C144H151NO. The van der Waals surface area contributed by atoms with E-state index < -0.39 is 0 Å². The van der Waals surface area contributed by atoms with Gasteiger partial charge >= 0.3 is 0 Å². The van der Waals surface area contributed by atoms with E-state index in [1.54, 1.807) is 22.3 Å². The van der Waals surface area contributed by atoms with Gasteiger partial charge in [0.05, 0.1) is 17.1 Å². The van der Waals surface area contributed by atoms with Gasteiger partial charge in [0, 0.05) is 38.1 Å². The fourth-order valence-electron chi connectivity index (χ4n) is 27.6. The van der Waals surface area contributed by atoms with Gasteiger partial charge in [-0.05, 0) is 313 Å². The Kier molecular flexibility index (Phi) is 27.1. The summed E-state index contributed by atoms with van der Waals surface area (Å²) in [5.74, 6) is 1.66. The van der Waals surface area contributed by atoms with E-state index in [9.17, 15) is 0 Å². The van der Waals surface area contributed by atoms with Gasteiger partial charge in [-0.15, -0.1) is 0 Å². The van der Waals surface area contributed by atoms with Crippen LogP contribution >= 0.6 is 0 Å². The Bertz CT molecular complexity index is 7590. The highest BCUT2D eigenvalue weighted by atomic mass is 16.5. The highest BCUT2D eigenvalue weighted by molar-refractivity contribution is 5.98. The lowest BCUT2D eigenvalue weighted by atomic mass is 9.70. The SMILES string of the molecule is CCCCCCCCC1(CCCCCCCC)c2ccccc2-c2ccc(-c3ccc4c(c3)C(C)(C)c3cc(-c5ccc6c(c5)C(C)(C)c5cc(-c7ccc8c(c7)Oc7cc(-c9ccc%10c(c9)C(C)(C)c9cc(C)ccc9-%10)ccc7N8c7ccccc7-c7ccccc7)ccc5-6)ccc3-4)cc21.CCCCCCCCC1(CCCCCCCC)c2ccccc2-c2ccc(-c3ccc4c(c3)C(C)(C)c3cc(C)ccc3-4)cc21. The molecule has 2 nitrogen and oxygen atoms in total. The first-order valence-electron chi connectivity index (χ1n) is 56.6. The number of ether oxygens (including phenoxy) is 1. The molecule has 146 heavy (non-hydrogen) atoms. The van der Waals surface area contributed by atoms with Crippen LogP contribution in [0.4, 0.5) is 17.1 Å². The third-order valence-electron chi connectivity index (χ3n) is 35.9. The maximum absolute atomic E-state index is 7.25. The Balaban J connectivity index is 0.000000225. The minimum absolute atomic E-state index is 0.0129. The van der Waals surface area contributed by atoms with Crippen LogP contribution in [-0.2, 0) is 32.5 Å². The number of aryl methyl sites for hydroxylation is 2. The van der Waals surface area contributed by atoms with E-state index in [0.29, 0.717) is 0 Å². The Labute approximate surface area is 874 Å². The number of para-hydroxylation sites is 1. The summed E-state index contributed by atoms with van der Waals surface area (Å²) < 4.78 is 7.25. The van der Waals surface area contributed by atoms with Gasteiger partial charge in [0.25, 0.3) is 0 Å². The predicted octanol–water partition coefficient (Wildman–Crippen LogP) is 42.3. The lowest BCUT2D eigenvalue weighted by Gasteiger charge is -2.34. The molecule has 23 rings (SSSR count). The number of benzene rings is 16. The second kappa shape index (κ2) is 40.4. The molecule has 16 aromatic carbocycles. The topological polar surface area (TPSA) is 12.5 Å². The molecule has 0 unspecified atom stereocenters. The monoisotopic (exact) mass is 1910 g/mol. The van der Waals surface area contributed by atoms with Crippen molar-refractivity contribution >= 4 is 17.1 Å². The average molecular weight is 1910 g/mol. The molecule has 0 bridgehead atoms. The quantitative estimate of drug-likeness (QED) is 0.0367. The van der Waals surface area contributed by atoms with Crippen LogP contribution in [0.3, 0.4) is 0 Å². The molecule has 0 fully saturated rings. The van der Waals surface area contributed by atoms with Gasteiger partial charge in [-0.2, -0.15) is 0 Å². The predicted molar refractivity (Wildman–Crippen MR) is 624 cm³/mol. The summed E-state index contributed by atoms with van der Waals surface area (Å²) in [6.07, 6.45) is 37.2. The molecule has 0 amide bonds. The molecule has 2 heteroatoms. The highest BCUT2D eigenvalue weighted by Crippen LogP contribution is 2.63. The van der Waals surface area contributed by atoms with Gasteiger partial charge in [-0.1, -0.05) is 491 Å². The van der Waals surface area contributed by atoms with Gasteiger partial charge in [0.1, 0.15) is 0 Å². The van der Waals surface area contributed by atoms with Crippen LogP contribution in [0.25, 0.3) is 134 Å². The zero-order valence-electron chi connectivity index (χ0n) is 89.8. The summed E-state index contributed by atoms with van der Waals surface area (Å²) in [4.78, 5) is 2.41. The van der Waals surface area contributed by atoms with E-state index >= 15 is 0 Å². The number of anilines is 3. The van der Waals surface area contributed by atoms with Gasteiger partial charge in [0.2, 0.25) is 0 Å². The third-order valence-corrected chi connectivity index (χ3v) is 35.9. The Morgan fingerprint density at radius 2 is 0.404 bits per heavy atom. The summed E-state index contributed by atoms with van der Waals surface area (Å²) in [5.41, 5.74) is 54.6. The van der Waals surface area contributed by atoms with Crippen molar-refractivity contribution in [1.82, 2.24) is 0 Å². The number of nitrogens with zero attached hydrogens (tertiary/aromatic N) is 1. The summed E-state index contributed by atoms with van der Waals surface area (Å²) in [6.45, 7) is 33.0. The zero-order chi connectivity index (χ0) is 100. The van der Waals surface area contributed by atoms with Crippen LogP contribution in [0.15, 0.2) is 322 Å². The first-order valence-corrected chi connectivity index (χ1v) is 56.6. The molecule has 1 aliphatic heterocycles. The van der Waals surface area contributed by atoms with Crippen molar-refractivity contribution in [2.45, 2.75) is 309 Å². The van der Waals surface area contributed by atoms with E-state index in [-0.39, 0.29) is 32.5 Å². The normalized spacial score (nSPS) is 15.1. The second-order valence-electron chi connectivity index (χ2n) is 46.7. The molecule has 0 saturated heterocycles. The van der Waals surface area contributed by atoms with E-state index in [1.165, 1.54) is 352 Å². The van der Waals surface area contributed by atoms with Gasteiger partial charge in [-0.3, -0.25) is 0 Å². The summed E-state index contributed by atoms with van der Waals surface area (Å²) in [5, 5.41) is 0. The molecule has 0 spiro atoms. The van der Waals surface area contributed by atoms with Crippen molar-refractivity contribution in [2.24, 2.45) is 0 Å². The summed E-state index contributed by atoms with van der Waals surface area (Å²) >= 11 is 0. The molecule has 0 atom stereocenters. The van der Waals surface area contributed by atoms with E-state index in [2.05, 4.69) is 423 Å². The molecule has 6 aliphatic carbocycles.